The van der Waals surface area contributed by atoms with E-state index in [0.29, 0.717) is 29.4 Å². The second-order valence-electron chi connectivity index (χ2n) is 10.9. The summed E-state index contributed by atoms with van der Waals surface area (Å²) in [5.41, 5.74) is 6.67. The number of benzene rings is 2. The standard InChI is InChI=1S/C33H33N7O2/c1-22-9-8-14-28(23(22)2)38-29-13-7-6-12-26(29)33(41)42-21-39-16-15-27-31(35-20-36-32(27)39)25-17-37-40(19-25)30(18-34-3)24-10-4-5-11-24/h6-9,12-17,19-20,24,30,38H,4-5,10-11,18,21H2,1-2H3/t30-/m1/s1. The zero-order valence-electron chi connectivity index (χ0n) is 23.8. The average Bonchev–Trinajstić information content (AvgIpc) is 3.79. The zero-order chi connectivity index (χ0) is 29.1. The molecule has 9 heteroatoms. The number of hydrogen-bond donors (Lipinski definition) is 1. The van der Waals surface area contributed by atoms with Crippen LogP contribution in [0.5, 0.6) is 0 Å². The minimum atomic E-state index is -0.432. The van der Waals surface area contributed by atoms with Gasteiger partial charge in [0.05, 0.1) is 23.1 Å². The molecule has 0 unspecified atom stereocenters. The molecule has 3 heterocycles. The fourth-order valence-corrected chi connectivity index (χ4v) is 5.87. The lowest BCUT2D eigenvalue weighted by atomic mass is 9.98. The number of carbonyl (C=O) groups excluding carboxylic acids is 1. The molecule has 1 saturated carbocycles. The van der Waals surface area contributed by atoms with Gasteiger partial charge in [-0.3, -0.25) is 9.25 Å². The van der Waals surface area contributed by atoms with Gasteiger partial charge in [-0.1, -0.05) is 37.1 Å². The molecule has 0 bridgehead atoms. The number of nitrogens with one attached hydrogen (secondary N) is 1. The number of aryl methyl sites for hydroxylation is 1. The molecule has 1 aliphatic carbocycles. The van der Waals surface area contributed by atoms with Crippen LogP contribution in [0.25, 0.3) is 27.1 Å². The van der Waals surface area contributed by atoms with E-state index in [1.807, 2.05) is 59.7 Å². The van der Waals surface area contributed by atoms with Crippen molar-refractivity contribution in [3.63, 3.8) is 0 Å². The molecule has 0 aliphatic heterocycles. The van der Waals surface area contributed by atoms with E-state index in [2.05, 4.69) is 45.1 Å². The fourth-order valence-electron chi connectivity index (χ4n) is 5.87. The van der Waals surface area contributed by atoms with Crippen LogP contribution in [0, 0.1) is 26.3 Å². The third-order valence-electron chi connectivity index (χ3n) is 8.35. The summed E-state index contributed by atoms with van der Waals surface area (Å²) in [5.74, 6) is 0.0489. The van der Waals surface area contributed by atoms with Crippen LogP contribution in [0.3, 0.4) is 0 Å². The molecular weight excluding hydrogens is 526 g/mol. The molecule has 1 atom stereocenters. The summed E-state index contributed by atoms with van der Waals surface area (Å²) in [6, 6.07) is 15.4. The van der Waals surface area contributed by atoms with E-state index in [4.69, 9.17) is 11.3 Å². The summed E-state index contributed by atoms with van der Waals surface area (Å²) in [5, 5.41) is 8.88. The normalized spacial score (nSPS) is 14.1. The van der Waals surface area contributed by atoms with E-state index >= 15 is 0 Å². The first kappa shape index (κ1) is 27.2. The van der Waals surface area contributed by atoms with Crippen LogP contribution in [-0.2, 0) is 11.5 Å². The van der Waals surface area contributed by atoms with Crippen LogP contribution in [0.4, 0.5) is 11.4 Å². The Hall–Kier alpha value is -4.97. The number of esters is 1. The summed E-state index contributed by atoms with van der Waals surface area (Å²) >= 11 is 0. The van der Waals surface area contributed by atoms with Gasteiger partial charge in [0.25, 0.3) is 0 Å². The Balaban J connectivity index is 1.20. The molecule has 0 radical (unpaired) electrons. The topological polar surface area (TPSA) is 91.2 Å². The Morgan fingerprint density at radius 1 is 1.10 bits per heavy atom. The highest BCUT2D eigenvalue weighted by molar-refractivity contribution is 5.96. The summed E-state index contributed by atoms with van der Waals surface area (Å²) in [6.45, 7) is 12.0. The number of rotatable bonds is 9. The van der Waals surface area contributed by atoms with Crippen LogP contribution >= 0.6 is 0 Å². The highest BCUT2D eigenvalue weighted by Crippen LogP contribution is 2.35. The Kier molecular flexibility index (Phi) is 7.69. The molecule has 0 spiro atoms. The van der Waals surface area contributed by atoms with Crippen molar-refractivity contribution in [2.24, 2.45) is 5.92 Å². The highest BCUT2D eigenvalue weighted by Gasteiger charge is 2.29. The van der Waals surface area contributed by atoms with Gasteiger partial charge in [-0.25, -0.2) is 21.3 Å². The lowest BCUT2D eigenvalue weighted by Crippen LogP contribution is -2.20. The molecule has 2 aromatic carbocycles. The summed E-state index contributed by atoms with van der Waals surface area (Å²) in [7, 11) is 0. The van der Waals surface area contributed by atoms with Gasteiger partial charge in [-0.05, 0) is 68.0 Å². The van der Waals surface area contributed by atoms with Crippen LogP contribution in [0.1, 0.15) is 53.2 Å². The number of fused-ring (bicyclic) bond motifs is 1. The van der Waals surface area contributed by atoms with E-state index in [1.54, 1.807) is 10.6 Å². The molecule has 42 heavy (non-hydrogen) atoms. The van der Waals surface area contributed by atoms with E-state index in [-0.39, 0.29) is 12.8 Å². The average molecular weight is 560 g/mol. The number of carbonyl (C=O) groups is 1. The zero-order valence-corrected chi connectivity index (χ0v) is 23.8. The molecular formula is C33H33N7O2. The van der Waals surface area contributed by atoms with Gasteiger partial charge in [0.15, 0.2) is 6.73 Å². The summed E-state index contributed by atoms with van der Waals surface area (Å²) < 4.78 is 9.50. The van der Waals surface area contributed by atoms with Gasteiger partial charge >= 0.3 is 5.97 Å². The van der Waals surface area contributed by atoms with Crippen molar-refractivity contribution < 1.29 is 9.53 Å². The van der Waals surface area contributed by atoms with Crippen molar-refractivity contribution in [1.29, 1.82) is 0 Å². The molecule has 0 amide bonds. The van der Waals surface area contributed by atoms with E-state index in [1.165, 1.54) is 24.7 Å². The van der Waals surface area contributed by atoms with Crippen molar-refractivity contribution in [3.8, 4) is 11.3 Å². The number of ether oxygens (including phenoxy) is 1. The summed E-state index contributed by atoms with van der Waals surface area (Å²) in [4.78, 5) is 26.0. The molecule has 212 valence electrons. The van der Waals surface area contributed by atoms with E-state index < -0.39 is 5.97 Å². The van der Waals surface area contributed by atoms with E-state index in [0.717, 1.165) is 40.7 Å². The van der Waals surface area contributed by atoms with Crippen LogP contribution in [0.2, 0.25) is 0 Å². The number of aromatic nitrogens is 5. The second kappa shape index (κ2) is 11.9. The van der Waals surface area contributed by atoms with Crippen LogP contribution < -0.4 is 5.32 Å². The number of nitrogens with zero attached hydrogens (tertiary/aromatic N) is 6. The van der Waals surface area contributed by atoms with E-state index in [9.17, 15) is 4.79 Å². The Labute approximate surface area is 245 Å². The van der Waals surface area contributed by atoms with Gasteiger partial charge in [-0.15, -0.1) is 0 Å². The lowest BCUT2D eigenvalue weighted by molar-refractivity contribution is 0.0380. The predicted molar refractivity (Wildman–Crippen MR) is 162 cm³/mol. The molecule has 3 aromatic heterocycles. The van der Waals surface area contributed by atoms with Gasteiger partial charge in [0.1, 0.15) is 18.0 Å². The molecule has 1 fully saturated rings. The van der Waals surface area contributed by atoms with Gasteiger partial charge < -0.3 is 14.9 Å². The van der Waals surface area contributed by atoms with Gasteiger partial charge in [0.2, 0.25) is 6.54 Å². The van der Waals surface area contributed by atoms with Crippen molar-refractivity contribution in [3.05, 3.63) is 102 Å². The largest absolute Gasteiger partial charge is 0.440 e. The van der Waals surface area contributed by atoms with Crippen LogP contribution in [-0.4, -0.2) is 36.8 Å². The molecule has 9 nitrogen and oxygen atoms in total. The van der Waals surface area contributed by atoms with Gasteiger partial charge in [0, 0.05) is 29.0 Å². The maximum absolute atomic E-state index is 13.2. The van der Waals surface area contributed by atoms with Crippen LogP contribution in [0.15, 0.2) is 73.4 Å². The molecule has 0 saturated heterocycles. The Bertz CT molecular complexity index is 1770. The highest BCUT2D eigenvalue weighted by atomic mass is 16.5. The minimum absolute atomic E-state index is 0.00458. The quantitative estimate of drug-likeness (QED) is 0.153. The predicted octanol–water partition coefficient (Wildman–Crippen LogP) is 7.12. The molecule has 1 N–H and O–H groups in total. The first-order valence-corrected chi connectivity index (χ1v) is 14.3. The van der Waals surface area contributed by atoms with Crippen molar-refractivity contribution in [2.45, 2.75) is 52.3 Å². The van der Waals surface area contributed by atoms with Gasteiger partial charge in [-0.2, -0.15) is 5.10 Å². The number of anilines is 2. The SMILES string of the molecule is [C-]#[N+]C[C@H](C1CCCC1)n1cc(-c2ncnc3c2ccn3COC(=O)c2ccccc2Nc2cccc(C)c2C)cn1. The number of para-hydroxylation sites is 1. The van der Waals surface area contributed by atoms with Crippen molar-refractivity contribution in [2.75, 3.05) is 11.9 Å². The fraction of sp³-hybridized carbons (Fsp3) is 0.303. The molecule has 5 aromatic rings. The minimum Gasteiger partial charge on any atom is -0.440 e. The monoisotopic (exact) mass is 559 g/mol. The molecule has 1 aliphatic rings. The number of hydrogen-bond acceptors (Lipinski definition) is 6. The van der Waals surface area contributed by atoms with Crippen molar-refractivity contribution in [1.82, 2.24) is 24.3 Å². The lowest BCUT2D eigenvalue weighted by Gasteiger charge is -2.18. The Morgan fingerprint density at radius 3 is 2.74 bits per heavy atom. The third-order valence-corrected chi connectivity index (χ3v) is 8.35. The maximum Gasteiger partial charge on any atom is 0.341 e. The third kappa shape index (κ3) is 5.36. The maximum atomic E-state index is 13.2. The first-order valence-electron chi connectivity index (χ1n) is 14.3. The Morgan fingerprint density at radius 2 is 1.90 bits per heavy atom. The second-order valence-corrected chi connectivity index (χ2v) is 10.9. The smallest absolute Gasteiger partial charge is 0.341 e. The summed E-state index contributed by atoms with van der Waals surface area (Å²) in [6.07, 6.45) is 11.9. The molecule has 6 rings (SSSR count). The first-order chi connectivity index (χ1) is 20.5. The van der Waals surface area contributed by atoms with Crippen molar-refractivity contribution >= 4 is 28.4 Å².